The van der Waals surface area contributed by atoms with Crippen molar-refractivity contribution in [1.82, 2.24) is 25.5 Å². The average molecular weight is 343 g/mol. The molecule has 2 aromatic rings. The van der Waals surface area contributed by atoms with Gasteiger partial charge in [0, 0.05) is 32.0 Å². The summed E-state index contributed by atoms with van der Waals surface area (Å²) in [5.74, 6) is -0.692. The Hall–Kier alpha value is -3.03. The number of aromatic nitrogens is 2. The van der Waals surface area contributed by atoms with Crippen molar-refractivity contribution in [2.24, 2.45) is 0 Å². The monoisotopic (exact) mass is 343 g/mol. The number of hydrogen-bond donors (Lipinski definition) is 2. The summed E-state index contributed by atoms with van der Waals surface area (Å²) < 4.78 is 13.4. The van der Waals surface area contributed by atoms with Crippen LogP contribution in [0.15, 0.2) is 42.9 Å². The predicted molar refractivity (Wildman–Crippen MR) is 88.4 cm³/mol. The van der Waals surface area contributed by atoms with Crippen molar-refractivity contribution in [2.45, 2.75) is 12.5 Å². The molecule has 1 aromatic heterocycles. The van der Waals surface area contributed by atoms with Crippen LogP contribution in [0.5, 0.6) is 0 Å². The number of urea groups is 1. The summed E-state index contributed by atoms with van der Waals surface area (Å²) >= 11 is 0. The van der Waals surface area contributed by atoms with E-state index in [-0.39, 0.29) is 36.0 Å². The van der Waals surface area contributed by atoms with Crippen LogP contribution in [-0.4, -0.2) is 52.5 Å². The summed E-state index contributed by atoms with van der Waals surface area (Å²) in [7, 11) is 0. The second kappa shape index (κ2) is 7.69. The number of amides is 3. The fourth-order valence-electron chi connectivity index (χ4n) is 2.78. The molecule has 2 heterocycles. The molecule has 0 radical (unpaired) electrons. The van der Waals surface area contributed by atoms with E-state index in [4.69, 9.17) is 0 Å². The van der Waals surface area contributed by atoms with Crippen LogP contribution in [0.2, 0.25) is 0 Å². The highest BCUT2D eigenvalue weighted by atomic mass is 19.1. The minimum Gasteiger partial charge on any atom is -0.349 e. The number of nitrogens with zero attached hydrogens (tertiary/aromatic N) is 3. The van der Waals surface area contributed by atoms with Crippen LogP contribution in [0.1, 0.15) is 16.1 Å². The van der Waals surface area contributed by atoms with E-state index in [9.17, 15) is 14.0 Å². The molecule has 2 N–H and O–H groups in total. The molecule has 1 atom stereocenters. The smallest absolute Gasteiger partial charge is 0.317 e. The standard InChI is InChI=1S/C17H18FN5O2/c18-13-3-1-2-12(8-13)9-14(23-7-6-21-17(23)25)10-22-16(24)15-11-19-4-5-20-15/h1-5,8,11,14H,6-7,9-10H2,(H,21,25)(H,22,24). The van der Waals surface area contributed by atoms with Crippen molar-refractivity contribution in [3.63, 3.8) is 0 Å². The number of nitrogens with one attached hydrogen (secondary N) is 2. The molecular formula is C17H18FN5O2. The van der Waals surface area contributed by atoms with E-state index >= 15 is 0 Å². The molecule has 1 fully saturated rings. The number of benzene rings is 1. The Kier molecular flexibility index (Phi) is 5.17. The van der Waals surface area contributed by atoms with Gasteiger partial charge in [-0.15, -0.1) is 0 Å². The van der Waals surface area contributed by atoms with Gasteiger partial charge in [-0.1, -0.05) is 12.1 Å². The molecular weight excluding hydrogens is 325 g/mol. The van der Waals surface area contributed by atoms with Gasteiger partial charge in [0.25, 0.3) is 5.91 Å². The molecule has 0 spiro atoms. The maximum Gasteiger partial charge on any atom is 0.317 e. The summed E-state index contributed by atoms with van der Waals surface area (Å²) in [6.45, 7) is 1.33. The van der Waals surface area contributed by atoms with Crippen LogP contribution < -0.4 is 10.6 Å². The minimum atomic E-state index is -0.364. The Bertz CT molecular complexity index is 756. The lowest BCUT2D eigenvalue weighted by Crippen LogP contribution is -2.46. The average Bonchev–Trinajstić information content (AvgIpc) is 3.05. The third-order valence-corrected chi connectivity index (χ3v) is 3.98. The Balaban J connectivity index is 1.70. The highest BCUT2D eigenvalue weighted by Crippen LogP contribution is 2.13. The van der Waals surface area contributed by atoms with Gasteiger partial charge in [-0.05, 0) is 24.1 Å². The summed E-state index contributed by atoms with van der Waals surface area (Å²) in [5, 5.41) is 5.52. The van der Waals surface area contributed by atoms with Gasteiger partial charge in [-0.25, -0.2) is 14.2 Å². The zero-order valence-electron chi connectivity index (χ0n) is 13.5. The van der Waals surface area contributed by atoms with Crippen LogP contribution >= 0.6 is 0 Å². The molecule has 8 heteroatoms. The third-order valence-electron chi connectivity index (χ3n) is 3.98. The van der Waals surface area contributed by atoms with Gasteiger partial charge in [0.1, 0.15) is 11.5 Å². The number of carbonyl (C=O) groups excluding carboxylic acids is 2. The lowest BCUT2D eigenvalue weighted by Gasteiger charge is -2.27. The Morgan fingerprint density at radius 1 is 1.40 bits per heavy atom. The first-order valence-electron chi connectivity index (χ1n) is 7.96. The zero-order valence-corrected chi connectivity index (χ0v) is 13.5. The highest BCUT2D eigenvalue weighted by molar-refractivity contribution is 5.91. The van der Waals surface area contributed by atoms with Gasteiger partial charge in [-0.2, -0.15) is 0 Å². The number of rotatable bonds is 6. The fourth-order valence-corrected chi connectivity index (χ4v) is 2.78. The Morgan fingerprint density at radius 2 is 2.28 bits per heavy atom. The highest BCUT2D eigenvalue weighted by Gasteiger charge is 2.28. The molecule has 130 valence electrons. The van der Waals surface area contributed by atoms with Crippen molar-refractivity contribution >= 4 is 11.9 Å². The molecule has 1 unspecified atom stereocenters. The molecule has 3 rings (SSSR count). The topological polar surface area (TPSA) is 87.2 Å². The first-order chi connectivity index (χ1) is 12.1. The molecule has 0 bridgehead atoms. The van der Waals surface area contributed by atoms with Crippen molar-refractivity contribution in [3.05, 3.63) is 59.9 Å². The first-order valence-corrected chi connectivity index (χ1v) is 7.96. The first kappa shape index (κ1) is 16.8. The summed E-state index contributed by atoms with van der Waals surface area (Å²) in [5.41, 5.74) is 0.969. The fraction of sp³-hybridized carbons (Fsp3) is 0.294. The maximum atomic E-state index is 13.4. The van der Waals surface area contributed by atoms with Crippen molar-refractivity contribution in [1.29, 1.82) is 0 Å². The zero-order chi connectivity index (χ0) is 17.6. The molecule has 1 aromatic carbocycles. The van der Waals surface area contributed by atoms with Gasteiger partial charge < -0.3 is 15.5 Å². The van der Waals surface area contributed by atoms with Crippen molar-refractivity contribution in [2.75, 3.05) is 19.6 Å². The van der Waals surface area contributed by atoms with E-state index < -0.39 is 0 Å². The summed E-state index contributed by atoms with van der Waals surface area (Å²) in [6.07, 6.45) is 4.73. The van der Waals surface area contributed by atoms with Crippen molar-refractivity contribution in [3.8, 4) is 0 Å². The normalized spacial score (nSPS) is 14.9. The van der Waals surface area contributed by atoms with E-state index in [0.29, 0.717) is 19.5 Å². The van der Waals surface area contributed by atoms with Gasteiger partial charge in [0.2, 0.25) is 0 Å². The van der Waals surface area contributed by atoms with Gasteiger partial charge in [-0.3, -0.25) is 9.78 Å². The SMILES string of the molecule is O=C(NCC(Cc1cccc(F)c1)N1CCNC1=O)c1cnccn1. The molecule has 7 nitrogen and oxygen atoms in total. The molecule has 1 saturated heterocycles. The van der Waals surface area contributed by atoms with E-state index in [1.807, 2.05) is 0 Å². The molecule has 0 aliphatic carbocycles. The lowest BCUT2D eigenvalue weighted by molar-refractivity contribution is 0.0934. The predicted octanol–water partition coefficient (Wildman–Crippen LogP) is 0.982. The van der Waals surface area contributed by atoms with E-state index in [0.717, 1.165) is 5.56 Å². The lowest BCUT2D eigenvalue weighted by atomic mass is 10.0. The van der Waals surface area contributed by atoms with E-state index in [1.54, 1.807) is 17.0 Å². The quantitative estimate of drug-likeness (QED) is 0.819. The summed E-state index contributed by atoms with van der Waals surface area (Å²) in [6, 6.07) is 5.76. The van der Waals surface area contributed by atoms with Crippen LogP contribution in [0, 0.1) is 5.82 Å². The molecule has 1 aliphatic rings. The number of carbonyl (C=O) groups is 2. The minimum absolute atomic E-state index is 0.185. The second-order valence-electron chi connectivity index (χ2n) is 5.71. The maximum absolute atomic E-state index is 13.4. The number of halogens is 1. The van der Waals surface area contributed by atoms with Crippen LogP contribution in [-0.2, 0) is 6.42 Å². The molecule has 0 saturated carbocycles. The van der Waals surface area contributed by atoms with Gasteiger partial charge >= 0.3 is 6.03 Å². The Labute approximate surface area is 144 Å². The van der Waals surface area contributed by atoms with Crippen LogP contribution in [0.4, 0.5) is 9.18 Å². The van der Waals surface area contributed by atoms with Gasteiger partial charge in [0.15, 0.2) is 0 Å². The third kappa shape index (κ3) is 4.28. The molecule has 25 heavy (non-hydrogen) atoms. The Morgan fingerprint density at radius 3 is 2.96 bits per heavy atom. The van der Waals surface area contributed by atoms with E-state index in [2.05, 4.69) is 20.6 Å². The number of hydrogen-bond acceptors (Lipinski definition) is 4. The van der Waals surface area contributed by atoms with Crippen LogP contribution in [0.25, 0.3) is 0 Å². The second-order valence-corrected chi connectivity index (χ2v) is 5.71. The van der Waals surface area contributed by atoms with Crippen molar-refractivity contribution < 1.29 is 14.0 Å². The largest absolute Gasteiger partial charge is 0.349 e. The van der Waals surface area contributed by atoms with Crippen LogP contribution in [0.3, 0.4) is 0 Å². The molecule has 3 amide bonds. The van der Waals surface area contributed by atoms with Gasteiger partial charge in [0.05, 0.1) is 12.2 Å². The summed E-state index contributed by atoms with van der Waals surface area (Å²) in [4.78, 5) is 33.6. The van der Waals surface area contributed by atoms with E-state index in [1.165, 1.54) is 30.7 Å². The molecule has 1 aliphatic heterocycles.